The number of aromatic nitrogens is 5. The first-order valence-electron chi connectivity index (χ1n) is 15.5. The van der Waals surface area contributed by atoms with Crippen LogP contribution in [0.4, 0.5) is 24.8 Å². The number of likely N-dealkylation sites (tertiary alicyclic amines) is 1. The highest BCUT2D eigenvalue weighted by Crippen LogP contribution is 2.41. The minimum absolute atomic E-state index is 0.0168. The molecule has 0 saturated carbocycles. The molecule has 6 heterocycles. The molecule has 7 rings (SSSR count). The average molecular weight is 703 g/mol. The third kappa shape index (κ3) is 6.06. The van der Waals surface area contributed by atoms with E-state index in [1.807, 2.05) is 4.90 Å². The number of hydrogen-bond acceptors (Lipinski definition) is 10. The third-order valence-corrected chi connectivity index (χ3v) is 9.34. The molecule has 2 fully saturated rings. The predicted octanol–water partition coefficient (Wildman–Crippen LogP) is 2.84. The maximum absolute atomic E-state index is 14.3. The number of benzene rings is 1. The average Bonchev–Trinajstić information content (AvgIpc) is 3.54. The fourth-order valence-electron chi connectivity index (χ4n) is 6.59. The number of piperidine rings is 1. The summed E-state index contributed by atoms with van der Waals surface area (Å²) in [5.74, 6) is -0.943. The van der Waals surface area contributed by atoms with Crippen molar-refractivity contribution in [1.82, 2.24) is 29.0 Å². The van der Waals surface area contributed by atoms with Crippen LogP contribution in [0.3, 0.4) is 0 Å². The van der Waals surface area contributed by atoms with Crippen molar-refractivity contribution in [2.75, 3.05) is 56.2 Å². The maximum atomic E-state index is 14.3. The van der Waals surface area contributed by atoms with Crippen LogP contribution in [0.25, 0.3) is 5.78 Å². The van der Waals surface area contributed by atoms with Gasteiger partial charge in [-0.15, -0.1) is 5.10 Å². The number of nitrogens with zero attached hydrogens (tertiary/aromatic N) is 7. The van der Waals surface area contributed by atoms with E-state index in [4.69, 9.17) is 21.1 Å². The number of nitrogens with one attached hydrogen (secondary N) is 1. The molecule has 0 radical (unpaired) electrons. The highest BCUT2D eigenvalue weighted by atomic mass is 35.5. The van der Waals surface area contributed by atoms with Crippen LogP contribution in [0.1, 0.15) is 40.2 Å². The van der Waals surface area contributed by atoms with Crippen LogP contribution in [-0.2, 0) is 39.0 Å². The van der Waals surface area contributed by atoms with Crippen LogP contribution < -0.4 is 15.8 Å². The van der Waals surface area contributed by atoms with Crippen molar-refractivity contribution in [3.05, 3.63) is 74.4 Å². The number of halogens is 4. The lowest BCUT2D eigenvalue weighted by Gasteiger charge is -2.44. The van der Waals surface area contributed by atoms with Gasteiger partial charge in [-0.2, -0.15) is 22.7 Å². The molecule has 0 bridgehead atoms. The Morgan fingerprint density at radius 1 is 1.08 bits per heavy atom. The Hall–Kier alpha value is -4.74. The van der Waals surface area contributed by atoms with E-state index in [0.29, 0.717) is 32.0 Å². The van der Waals surface area contributed by atoms with E-state index < -0.39 is 34.7 Å². The molecule has 2 saturated heterocycles. The Labute approximate surface area is 281 Å². The number of hydrogen-bond donors (Lipinski definition) is 2. The van der Waals surface area contributed by atoms with Gasteiger partial charge in [0.15, 0.2) is 5.69 Å². The smallest absolute Gasteiger partial charge is 0.416 e. The molecule has 3 aromatic heterocycles. The van der Waals surface area contributed by atoms with Gasteiger partial charge in [0, 0.05) is 44.5 Å². The van der Waals surface area contributed by atoms with Gasteiger partial charge in [-0.25, -0.2) is 4.98 Å². The number of alkyl halides is 3. The maximum Gasteiger partial charge on any atom is 0.416 e. The molecule has 2 amide bonds. The lowest BCUT2D eigenvalue weighted by Crippen LogP contribution is -2.52. The van der Waals surface area contributed by atoms with Gasteiger partial charge in [0.25, 0.3) is 11.5 Å². The van der Waals surface area contributed by atoms with Gasteiger partial charge in [0.1, 0.15) is 17.9 Å². The number of carbonyl (C=O) groups excluding carboxylic acids is 2. The Bertz CT molecular complexity index is 2000. The standard InChI is InChI=1S/C31H30ClF3N8O6/c32-19-16-18(31(33,34)35)3-4-20(19)37-23(45)17-42-21-5-13-49-30(6-9-40(10-7-30)27(47)25-22(44)2-1-8-36-25)24(21)26(46)43-29(42)38-28(39-43)41-11-14-48-15-12-41/h1-4,8,16,44H,5-7,9-15,17H2,(H,37,45). The number of morpholine rings is 1. The molecule has 2 N–H and O–H groups in total. The second kappa shape index (κ2) is 12.6. The summed E-state index contributed by atoms with van der Waals surface area (Å²) in [5, 5.41) is 17.0. The minimum atomic E-state index is -4.61. The number of carbonyl (C=O) groups is 2. The Morgan fingerprint density at radius 3 is 2.53 bits per heavy atom. The third-order valence-electron chi connectivity index (χ3n) is 9.03. The van der Waals surface area contributed by atoms with Gasteiger partial charge < -0.3 is 34.3 Å². The number of anilines is 2. The summed E-state index contributed by atoms with van der Waals surface area (Å²) in [6.07, 6.45) is -2.48. The molecule has 49 heavy (non-hydrogen) atoms. The number of aromatic hydroxyl groups is 1. The van der Waals surface area contributed by atoms with Crippen LogP contribution in [-0.4, -0.2) is 92.0 Å². The monoisotopic (exact) mass is 702 g/mol. The van der Waals surface area contributed by atoms with Gasteiger partial charge >= 0.3 is 6.18 Å². The largest absolute Gasteiger partial charge is 0.505 e. The Kier molecular flexibility index (Phi) is 8.44. The van der Waals surface area contributed by atoms with Crippen LogP contribution in [0.15, 0.2) is 41.3 Å². The first-order chi connectivity index (χ1) is 23.4. The first kappa shape index (κ1) is 32.8. The summed E-state index contributed by atoms with van der Waals surface area (Å²) in [4.78, 5) is 53.1. The number of rotatable bonds is 5. The van der Waals surface area contributed by atoms with Crippen molar-refractivity contribution in [2.45, 2.75) is 37.6 Å². The van der Waals surface area contributed by atoms with E-state index in [-0.39, 0.29) is 84.9 Å². The predicted molar refractivity (Wildman–Crippen MR) is 168 cm³/mol. The van der Waals surface area contributed by atoms with Crippen molar-refractivity contribution >= 4 is 40.8 Å². The fraction of sp³-hybridized carbons (Fsp3) is 0.419. The number of pyridine rings is 1. The Balaban J connectivity index is 1.25. The van der Waals surface area contributed by atoms with E-state index in [0.717, 1.165) is 22.7 Å². The fourth-order valence-corrected chi connectivity index (χ4v) is 6.82. The SMILES string of the molecule is O=C(Cn1c2c(c(=O)n3nc(N4CCOCC4)nc13)C1(CCN(C(=O)c3ncccc3O)CC1)OCC2)Nc1ccc(C(F)(F)F)cc1Cl. The molecule has 3 aliphatic rings. The van der Waals surface area contributed by atoms with E-state index in [2.05, 4.69) is 20.4 Å². The molecule has 0 unspecified atom stereocenters. The molecule has 1 aromatic carbocycles. The summed E-state index contributed by atoms with van der Waals surface area (Å²) in [5.41, 5.74) is -1.86. The van der Waals surface area contributed by atoms with Crippen molar-refractivity contribution in [3.8, 4) is 5.75 Å². The molecule has 0 aliphatic carbocycles. The van der Waals surface area contributed by atoms with Crippen molar-refractivity contribution in [1.29, 1.82) is 0 Å². The molecule has 0 atom stereocenters. The van der Waals surface area contributed by atoms with Gasteiger partial charge in [-0.3, -0.25) is 14.4 Å². The zero-order valence-corrected chi connectivity index (χ0v) is 26.6. The van der Waals surface area contributed by atoms with Crippen molar-refractivity contribution < 1.29 is 37.3 Å². The molecule has 4 aromatic rings. The second-order valence-electron chi connectivity index (χ2n) is 11.9. The van der Waals surface area contributed by atoms with Crippen molar-refractivity contribution in [3.63, 3.8) is 0 Å². The summed E-state index contributed by atoms with van der Waals surface area (Å²) in [7, 11) is 0. The molecule has 3 aliphatic heterocycles. The van der Waals surface area contributed by atoms with E-state index in [9.17, 15) is 32.7 Å². The number of ether oxygens (including phenoxy) is 2. The Morgan fingerprint density at radius 2 is 1.84 bits per heavy atom. The number of fused-ring (bicyclic) bond motifs is 3. The molecule has 1 spiro atoms. The van der Waals surface area contributed by atoms with Crippen LogP contribution in [0, 0.1) is 0 Å². The molecule has 258 valence electrons. The van der Waals surface area contributed by atoms with Crippen molar-refractivity contribution in [2.24, 2.45) is 0 Å². The van der Waals surface area contributed by atoms with Crippen LogP contribution in [0.5, 0.6) is 5.75 Å². The molecular formula is C31H30ClF3N8O6. The van der Waals surface area contributed by atoms with Crippen LogP contribution in [0.2, 0.25) is 5.02 Å². The lowest BCUT2D eigenvalue weighted by atomic mass is 9.81. The first-order valence-corrected chi connectivity index (χ1v) is 15.9. The van der Waals surface area contributed by atoms with E-state index in [1.165, 1.54) is 23.2 Å². The minimum Gasteiger partial charge on any atom is -0.505 e. The molecular weight excluding hydrogens is 673 g/mol. The summed E-state index contributed by atoms with van der Waals surface area (Å²) in [6.45, 7) is 2.06. The highest BCUT2D eigenvalue weighted by molar-refractivity contribution is 6.33. The zero-order valence-electron chi connectivity index (χ0n) is 25.9. The summed E-state index contributed by atoms with van der Waals surface area (Å²) in [6, 6.07) is 5.53. The lowest BCUT2D eigenvalue weighted by molar-refractivity contribution is -0.137. The number of amides is 2. The van der Waals surface area contributed by atoms with E-state index >= 15 is 0 Å². The topological polar surface area (TPSA) is 156 Å². The van der Waals surface area contributed by atoms with Crippen LogP contribution >= 0.6 is 11.6 Å². The molecule has 14 nitrogen and oxygen atoms in total. The normalized spacial score (nSPS) is 17.7. The summed E-state index contributed by atoms with van der Waals surface area (Å²) < 4.78 is 54.1. The quantitative estimate of drug-likeness (QED) is 0.317. The van der Waals surface area contributed by atoms with Gasteiger partial charge in [-0.05, 0) is 43.2 Å². The van der Waals surface area contributed by atoms with E-state index in [1.54, 1.807) is 4.57 Å². The zero-order chi connectivity index (χ0) is 34.5. The van der Waals surface area contributed by atoms with Gasteiger partial charge in [-0.1, -0.05) is 11.6 Å². The molecule has 18 heteroatoms. The van der Waals surface area contributed by atoms with Gasteiger partial charge in [0.05, 0.1) is 41.7 Å². The summed E-state index contributed by atoms with van der Waals surface area (Å²) >= 11 is 6.11. The second-order valence-corrected chi connectivity index (χ2v) is 12.3. The van der Waals surface area contributed by atoms with Gasteiger partial charge in [0.2, 0.25) is 17.6 Å². The highest BCUT2D eigenvalue weighted by Gasteiger charge is 2.46.